The summed E-state index contributed by atoms with van der Waals surface area (Å²) < 4.78 is 16.4. The second-order valence-corrected chi connectivity index (χ2v) is 13.4. The van der Waals surface area contributed by atoms with Gasteiger partial charge in [0.05, 0.1) is 18.9 Å². The van der Waals surface area contributed by atoms with Crippen molar-refractivity contribution in [3.63, 3.8) is 0 Å². The standard InChI is InChI=1S/C38H46ClN3O5/c1-38(2,47-37(40)44)19-4-24-46-34(43)16-9-27-7-13-32(14-8-27)45-25-5-21-42-22-17-28(18-23-42)35-33-15-12-31(39)26-30(33)11-10-29-6-3-20-41-36(29)35/h3,6-8,12-15,20,26H,4-5,9-11,16-19,21-25H2,1-2H3,(H2,40,44). The minimum atomic E-state index is -0.804. The van der Waals surface area contributed by atoms with Gasteiger partial charge in [0.25, 0.3) is 0 Å². The van der Waals surface area contributed by atoms with E-state index in [1.165, 1.54) is 27.8 Å². The Bertz CT molecular complexity index is 1560. The van der Waals surface area contributed by atoms with Gasteiger partial charge in [-0.05, 0) is 118 Å². The first-order valence-corrected chi connectivity index (χ1v) is 17.1. The van der Waals surface area contributed by atoms with Gasteiger partial charge >= 0.3 is 12.1 Å². The molecule has 2 N–H and O–H groups in total. The van der Waals surface area contributed by atoms with Crippen molar-refractivity contribution in [2.24, 2.45) is 5.73 Å². The number of likely N-dealkylation sites (tertiary alicyclic amines) is 1. The molecule has 0 unspecified atom stereocenters. The normalized spacial score (nSPS) is 15.0. The van der Waals surface area contributed by atoms with E-state index in [0.29, 0.717) is 32.3 Å². The number of esters is 1. The van der Waals surface area contributed by atoms with Crippen molar-refractivity contribution in [1.82, 2.24) is 9.88 Å². The molecule has 0 atom stereocenters. The Morgan fingerprint density at radius 3 is 2.49 bits per heavy atom. The van der Waals surface area contributed by atoms with Crippen molar-refractivity contribution >= 4 is 29.2 Å². The van der Waals surface area contributed by atoms with Gasteiger partial charge in [-0.1, -0.05) is 41.4 Å². The highest BCUT2D eigenvalue weighted by Crippen LogP contribution is 2.38. The van der Waals surface area contributed by atoms with Gasteiger partial charge in [0, 0.05) is 42.8 Å². The van der Waals surface area contributed by atoms with E-state index in [2.05, 4.69) is 23.1 Å². The maximum Gasteiger partial charge on any atom is 0.405 e. The summed E-state index contributed by atoms with van der Waals surface area (Å²) in [5.74, 6) is 0.589. The average molecular weight is 660 g/mol. The zero-order valence-corrected chi connectivity index (χ0v) is 28.3. The second-order valence-electron chi connectivity index (χ2n) is 13.0. The highest BCUT2D eigenvalue weighted by Gasteiger charge is 2.25. The number of nitrogens with zero attached hydrogens (tertiary/aromatic N) is 2. The molecule has 1 aliphatic carbocycles. The number of aryl methyl sites for hydroxylation is 3. The van der Waals surface area contributed by atoms with Crippen LogP contribution in [0.4, 0.5) is 4.79 Å². The van der Waals surface area contributed by atoms with E-state index in [9.17, 15) is 9.59 Å². The van der Waals surface area contributed by atoms with Crippen molar-refractivity contribution in [1.29, 1.82) is 0 Å². The van der Waals surface area contributed by atoms with Gasteiger partial charge in [-0.25, -0.2) is 4.79 Å². The lowest BCUT2D eigenvalue weighted by molar-refractivity contribution is -0.144. The van der Waals surface area contributed by atoms with Crippen LogP contribution in [0, 0.1) is 0 Å². The summed E-state index contributed by atoms with van der Waals surface area (Å²) in [5, 5.41) is 0.793. The molecule has 47 heavy (non-hydrogen) atoms. The number of carbonyl (C=O) groups is 2. The molecule has 2 heterocycles. The molecule has 1 amide bonds. The molecular weight excluding hydrogens is 614 g/mol. The zero-order valence-electron chi connectivity index (χ0n) is 27.6. The number of fused-ring (bicyclic) bond motifs is 2. The number of rotatable bonds is 13. The second kappa shape index (κ2) is 16.3. The van der Waals surface area contributed by atoms with Crippen LogP contribution in [0.2, 0.25) is 5.02 Å². The highest BCUT2D eigenvalue weighted by atomic mass is 35.5. The lowest BCUT2D eigenvalue weighted by atomic mass is 9.88. The van der Waals surface area contributed by atoms with Crippen LogP contribution in [0.25, 0.3) is 5.57 Å². The number of ether oxygens (including phenoxy) is 3. The lowest BCUT2D eigenvalue weighted by Gasteiger charge is -2.30. The fourth-order valence-electron chi connectivity index (χ4n) is 6.49. The monoisotopic (exact) mass is 659 g/mol. The molecule has 9 heteroatoms. The number of hydrogen-bond donors (Lipinski definition) is 1. The number of hydrogen-bond acceptors (Lipinski definition) is 7. The van der Waals surface area contributed by atoms with E-state index >= 15 is 0 Å². The Balaban J connectivity index is 1.02. The zero-order chi connectivity index (χ0) is 33.2. The Morgan fingerprint density at radius 2 is 1.72 bits per heavy atom. The number of carbonyl (C=O) groups excluding carboxylic acids is 2. The minimum Gasteiger partial charge on any atom is -0.494 e. The Hall–Kier alpha value is -3.88. The van der Waals surface area contributed by atoms with Gasteiger partial charge in [0.1, 0.15) is 11.4 Å². The first-order chi connectivity index (χ1) is 22.7. The topological polar surface area (TPSA) is 104 Å². The van der Waals surface area contributed by atoms with Crippen LogP contribution in [-0.2, 0) is 33.5 Å². The SMILES string of the molecule is CC(C)(CCCOC(=O)CCc1ccc(OCCCN2CCC(=C3c4ccc(Cl)cc4CCc4cccnc43)CC2)cc1)OC(N)=O. The maximum atomic E-state index is 12.1. The molecule has 5 rings (SSSR count). The third-order valence-corrected chi connectivity index (χ3v) is 9.17. The van der Waals surface area contributed by atoms with E-state index in [1.54, 1.807) is 13.8 Å². The number of aromatic nitrogens is 1. The van der Waals surface area contributed by atoms with Crippen LogP contribution in [0.5, 0.6) is 5.75 Å². The van der Waals surface area contributed by atoms with Crippen LogP contribution >= 0.6 is 11.6 Å². The van der Waals surface area contributed by atoms with E-state index in [4.69, 9.17) is 36.5 Å². The van der Waals surface area contributed by atoms with Gasteiger partial charge in [0.2, 0.25) is 0 Å². The lowest BCUT2D eigenvalue weighted by Crippen LogP contribution is -2.32. The molecule has 0 spiro atoms. The average Bonchev–Trinajstić information content (AvgIpc) is 3.21. The smallest absolute Gasteiger partial charge is 0.405 e. The summed E-state index contributed by atoms with van der Waals surface area (Å²) in [4.78, 5) is 30.5. The molecule has 0 bridgehead atoms. The van der Waals surface area contributed by atoms with Gasteiger partial charge in [-0.15, -0.1) is 0 Å². The van der Waals surface area contributed by atoms with Crippen LogP contribution in [0.1, 0.15) is 80.3 Å². The third kappa shape index (κ3) is 10.1. The Kier molecular flexibility index (Phi) is 11.9. The van der Waals surface area contributed by atoms with Crippen LogP contribution in [0.3, 0.4) is 0 Å². The van der Waals surface area contributed by atoms with Gasteiger partial charge in [-0.3, -0.25) is 9.78 Å². The molecule has 250 valence electrons. The summed E-state index contributed by atoms with van der Waals surface area (Å²) in [5.41, 5.74) is 13.3. The van der Waals surface area contributed by atoms with Crippen molar-refractivity contribution in [2.45, 2.75) is 77.2 Å². The van der Waals surface area contributed by atoms with Crippen molar-refractivity contribution < 1.29 is 23.8 Å². The predicted molar refractivity (Wildman–Crippen MR) is 185 cm³/mol. The molecule has 1 fully saturated rings. The quantitative estimate of drug-likeness (QED) is 0.151. The van der Waals surface area contributed by atoms with Crippen LogP contribution in [0.15, 0.2) is 66.4 Å². The number of halogens is 1. The van der Waals surface area contributed by atoms with Crippen LogP contribution in [-0.4, -0.2) is 60.4 Å². The molecule has 8 nitrogen and oxygen atoms in total. The summed E-state index contributed by atoms with van der Waals surface area (Å²) in [7, 11) is 0. The minimum absolute atomic E-state index is 0.245. The summed E-state index contributed by atoms with van der Waals surface area (Å²) in [6.07, 6.45) is 8.15. The van der Waals surface area contributed by atoms with Crippen molar-refractivity contribution in [2.75, 3.05) is 32.8 Å². The van der Waals surface area contributed by atoms with E-state index < -0.39 is 11.7 Å². The van der Waals surface area contributed by atoms with Gasteiger partial charge < -0.3 is 24.8 Å². The number of benzene rings is 2. The number of pyridine rings is 1. The first kappa shape index (κ1) is 34.5. The van der Waals surface area contributed by atoms with E-state index in [1.807, 2.05) is 42.6 Å². The molecule has 0 saturated carbocycles. The van der Waals surface area contributed by atoms with Gasteiger partial charge in [0.15, 0.2) is 0 Å². The molecule has 1 aliphatic heterocycles. The number of piperidine rings is 1. The first-order valence-electron chi connectivity index (χ1n) is 16.7. The molecule has 1 aromatic heterocycles. The number of primary amides is 1. The Labute approximate surface area is 283 Å². The molecule has 2 aliphatic rings. The summed E-state index contributed by atoms with van der Waals surface area (Å²) in [6, 6.07) is 18.5. The fraction of sp³-hybridized carbons (Fsp3) is 0.447. The van der Waals surface area contributed by atoms with Crippen LogP contribution < -0.4 is 10.5 Å². The summed E-state index contributed by atoms with van der Waals surface area (Å²) >= 11 is 6.38. The van der Waals surface area contributed by atoms with Gasteiger partial charge in [-0.2, -0.15) is 0 Å². The fourth-order valence-corrected chi connectivity index (χ4v) is 6.68. The molecule has 1 saturated heterocycles. The Morgan fingerprint density at radius 1 is 0.957 bits per heavy atom. The molecule has 0 radical (unpaired) electrons. The summed E-state index contributed by atoms with van der Waals surface area (Å²) in [6.45, 7) is 7.56. The molecular formula is C38H46ClN3O5. The predicted octanol–water partition coefficient (Wildman–Crippen LogP) is 7.33. The van der Waals surface area contributed by atoms with Crippen molar-refractivity contribution in [3.8, 4) is 5.75 Å². The van der Waals surface area contributed by atoms with Crippen molar-refractivity contribution in [3.05, 3.63) is 99.3 Å². The highest BCUT2D eigenvalue weighted by molar-refractivity contribution is 6.30. The molecule has 2 aromatic carbocycles. The number of nitrogens with two attached hydrogens (primary N) is 1. The van der Waals surface area contributed by atoms with E-state index in [-0.39, 0.29) is 12.6 Å². The largest absolute Gasteiger partial charge is 0.494 e. The van der Waals surface area contributed by atoms with E-state index in [0.717, 1.165) is 73.8 Å². The number of amides is 1. The molecule has 3 aromatic rings. The maximum absolute atomic E-state index is 12.1. The third-order valence-electron chi connectivity index (χ3n) is 8.93.